The molecule has 4 fully saturated rings. The number of piperidine rings is 2. The van der Waals surface area contributed by atoms with Crippen LogP contribution in [0.1, 0.15) is 133 Å². The molecule has 0 amide bonds. The van der Waals surface area contributed by atoms with Crippen molar-refractivity contribution in [2.45, 2.75) is 116 Å². The second-order valence-corrected chi connectivity index (χ2v) is 22.5. The van der Waals surface area contributed by atoms with Gasteiger partial charge in [0.1, 0.15) is 34.7 Å². The summed E-state index contributed by atoms with van der Waals surface area (Å²) in [6.45, 7) is 5.21. The molecule has 76 heavy (non-hydrogen) atoms. The van der Waals surface area contributed by atoms with E-state index in [0.717, 1.165) is 0 Å². The van der Waals surface area contributed by atoms with Crippen molar-refractivity contribution in [2.24, 2.45) is 34.5 Å². The number of phenols is 2. The molecule has 6 aliphatic rings. The molecule has 4 aliphatic carbocycles. The molecule has 4 aromatic carbocycles. The molecule has 0 radical (unpaired) electrons. The van der Waals surface area contributed by atoms with Gasteiger partial charge in [0.2, 0.25) is 0 Å². The Kier molecular flexibility index (Phi) is 15.1. The van der Waals surface area contributed by atoms with E-state index in [1.807, 2.05) is 0 Å². The van der Waals surface area contributed by atoms with Crippen molar-refractivity contribution in [3.8, 4) is 11.5 Å². The number of ketones is 3. The average Bonchev–Trinajstić information content (AvgIpc) is 3.47. The van der Waals surface area contributed by atoms with Gasteiger partial charge in [0.05, 0.1) is 23.0 Å². The van der Waals surface area contributed by atoms with Crippen molar-refractivity contribution in [1.29, 1.82) is 0 Å². The van der Waals surface area contributed by atoms with Gasteiger partial charge in [-0.3, -0.25) is 14.4 Å². The topological polar surface area (TPSA) is 197 Å². The number of benzene rings is 4. The number of halogens is 2. The van der Waals surface area contributed by atoms with Crippen LogP contribution in [-0.4, -0.2) is 86.4 Å². The molecule has 2 saturated carbocycles. The molecule has 400 valence electrons. The molecular weight excluding hydrogens is 967 g/mol. The van der Waals surface area contributed by atoms with Gasteiger partial charge in [-0.15, -0.1) is 0 Å². The van der Waals surface area contributed by atoms with Crippen molar-refractivity contribution in [1.82, 2.24) is 10.6 Å². The van der Waals surface area contributed by atoms with E-state index in [0.29, 0.717) is 114 Å². The van der Waals surface area contributed by atoms with Crippen molar-refractivity contribution in [3.05, 3.63) is 164 Å². The molecule has 2 saturated heterocycles. The van der Waals surface area contributed by atoms with Crippen LogP contribution in [0.3, 0.4) is 0 Å². The molecule has 10 rings (SSSR count). The van der Waals surface area contributed by atoms with Gasteiger partial charge in [0, 0.05) is 46.5 Å². The van der Waals surface area contributed by atoms with E-state index < -0.39 is 75.7 Å². The maximum atomic E-state index is 18.5. The number of hydrogen-bond donors (Lipinski definition) is 8. The second kappa shape index (κ2) is 21.6. The maximum absolute atomic E-state index is 18.5. The predicted octanol–water partition coefficient (Wildman–Crippen LogP) is 11.0. The van der Waals surface area contributed by atoms with Crippen molar-refractivity contribution >= 4 is 28.5 Å². The van der Waals surface area contributed by atoms with Gasteiger partial charge in [-0.1, -0.05) is 48.5 Å². The fourth-order valence-electron chi connectivity index (χ4n) is 14.6. The summed E-state index contributed by atoms with van der Waals surface area (Å²) in [5.41, 5.74) is -1.53. The smallest absolute Gasteiger partial charge is 0.189 e. The molecule has 11 nitrogen and oxygen atoms in total. The number of nitrogens with one attached hydrogen (secondary N) is 2. The molecule has 2 heterocycles. The Labute approximate surface area is 443 Å². The molecule has 4 aromatic rings. The zero-order chi connectivity index (χ0) is 53.6. The number of rotatable bonds is 12. The molecule has 0 bridgehead atoms. The van der Waals surface area contributed by atoms with Crippen LogP contribution in [-0.2, 0) is 4.79 Å². The Morgan fingerprint density at radius 3 is 1.26 bits per heavy atom. The van der Waals surface area contributed by atoms with E-state index in [-0.39, 0.29) is 91.5 Å². The van der Waals surface area contributed by atoms with Crippen molar-refractivity contribution in [2.75, 3.05) is 26.2 Å². The third kappa shape index (κ3) is 9.34. The Hall–Kier alpha value is -6.25. The molecule has 0 spiro atoms. The Morgan fingerprint density at radius 1 is 0.526 bits per heavy atom. The van der Waals surface area contributed by atoms with Gasteiger partial charge >= 0.3 is 0 Å². The number of hydrogen-bond acceptors (Lipinski definition) is 11. The van der Waals surface area contributed by atoms with Gasteiger partial charge in [-0.05, 0) is 210 Å². The van der Waals surface area contributed by atoms with Crippen molar-refractivity contribution in [3.63, 3.8) is 0 Å². The Balaban J connectivity index is 1.35. The van der Waals surface area contributed by atoms with Gasteiger partial charge in [-0.25, -0.2) is 8.78 Å². The Morgan fingerprint density at radius 2 is 0.908 bits per heavy atom. The standard InChI is InChI=1S/C63H70F2N2O9/c1-35-47(15-5-17-51(35)64)53-49(57(72)37-9-3-13-45(70)29-37)31-62(41-19-23-43(68)24-20-41,55(59(53)74)39-11-7-27-66-33-39)61(76)63(42-21-25-44(69)26-22-42)32-50(58(73)38-10-4-14-46(71)30-38)54(48-16-6-18-52(65)36(48)2)60(75)56(63)40-12-8-28-67-34-40/h3-6,9-10,13-18,29-30,39-44,66-71,74-75H,7-8,11-12,19-28,31-34H2,1-2H3/t39?,40?,41-,42-,43-,44-,62?,63?. The SMILES string of the molecule is Cc1c(F)cccc1C1=C(C(=O)c2cccc(O)c2)CC(C(=O)C2([C@H]3CC[C@H](O)CC3)CC(C(=O)c3cccc(O)c3)=C(c3cccc(F)c3C)C(O)=C2C2CCCNC2)([C@H]2CC[C@H](O)CC2)C(C2CCCNC2)=C1O. The maximum Gasteiger partial charge on any atom is 0.189 e. The minimum absolute atomic E-state index is 0.0329. The lowest BCUT2D eigenvalue weighted by Crippen LogP contribution is -2.59. The molecule has 2 aliphatic heterocycles. The fourth-order valence-corrected chi connectivity index (χ4v) is 14.6. The van der Waals surface area contributed by atoms with Crippen LogP contribution in [0.4, 0.5) is 8.78 Å². The minimum Gasteiger partial charge on any atom is -0.508 e. The molecule has 4 atom stereocenters. The van der Waals surface area contributed by atoms with Crippen LogP contribution in [0.5, 0.6) is 11.5 Å². The molecule has 4 unspecified atom stereocenters. The highest BCUT2D eigenvalue weighted by atomic mass is 19.1. The first-order chi connectivity index (χ1) is 36.6. The first-order valence-corrected chi connectivity index (χ1v) is 27.4. The normalized spacial score (nSPS) is 28.7. The average molecular weight is 1040 g/mol. The number of aliphatic hydroxyl groups is 4. The van der Waals surface area contributed by atoms with Gasteiger partial charge in [0.25, 0.3) is 0 Å². The summed E-state index contributed by atoms with van der Waals surface area (Å²) < 4.78 is 32.0. The van der Waals surface area contributed by atoms with E-state index in [1.54, 1.807) is 38.1 Å². The highest BCUT2D eigenvalue weighted by Crippen LogP contribution is 2.66. The minimum atomic E-state index is -1.80. The molecule has 13 heteroatoms. The van der Waals surface area contributed by atoms with E-state index in [9.17, 15) is 30.6 Å². The molecular formula is C63H70F2N2O9. The monoisotopic (exact) mass is 1040 g/mol. The molecule has 8 N–H and O–H groups in total. The van der Waals surface area contributed by atoms with Gasteiger partial charge in [-0.2, -0.15) is 0 Å². The largest absolute Gasteiger partial charge is 0.508 e. The summed E-state index contributed by atoms with van der Waals surface area (Å²) in [6, 6.07) is 20.7. The summed E-state index contributed by atoms with van der Waals surface area (Å²) in [4.78, 5) is 50.1. The van der Waals surface area contributed by atoms with Gasteiger partial charge in [0.15, 0.2) is 17.3 Å². The van der Waals surface area contributed by atoms with Crippen LogP contribution in [0, 0.1) is 60.0 Å². The summed E-state index contributed by atoms with van der Waals surface area (Å²) in [5, 5.41) is 79.1. The summed E-state index contributed by atoms with van der Waals surface area (Å²) >= 11 is 0. The van der Waals surface area contributed by atoms with Crippen molar-refractivity contribution < 1.29 is 53.8 Å². The van der Waals surface area contributed by atoms with Crippen LogP contribution in [0.15, 0.2) is 119 Å². The molecule has 0 aromatic heterocycles. The third-order valence-electron chi connectivity index (χ3n) is 18.3. The van der Waals surface area contributed by atoms with Gasteiger partial charge < -0.3 is 41.3 Å². The number of allylic oxidation sites excluding steroid dienone is 4. The van der Waals surface area contributed by atoms with E-state index >= 15 is 23.2 Å². The number of aromatic hydroxyl groups is 2. The number of Topliss-reactive ketones (excluding diaryl/α,β-unsaturated/α-hetero) is 3. The number of phenolic OH excluding ortho intramolecular Hbond substituents is 2. The summed E-state index contributed by atoms with van der Waals surface area (Å²) in [5.74, 6) is -6.00. The number of aliphatic hydroxyl groups excluding tert-OH is 4. The highest BCUT2D eigenvalue weighted by Gasteiger charge is 2.66. The van der Waals surface area contributed by atoms with Crippen LogP contribution in [0.25, 0.3) is 11.1 Å². The number of carbonyl (C=O) groups excluding carboxylic acids is 3. The lowest BCUT2D eigenvalue weighted by Gasteiger charge is -2.57. The fraction of sp³-hybridized carbons (Fsp3) is 0.444. The summed E-state index contributed by atoms with van der Waals surface area (Å²) in [6.07, 6.45) is 2.91. The van der Waals surface area contributed by atoms with E-state index in [2.05, 4.69) is 10.6 Å². The lowest BCUT2D eigenvalue weighted by molar-refractivity contribution is -0.145. The van der Waals surface area contributed by atoms with E-state index in [4.69, 9.17) is 0 Å². The van der Waals surface area contributed by atoms with Crippen LogP contribution < -0.4 is 10.6 Å². The summed E-state index contributed by atoms with van der Waals surface area (Å²) in [7, 11) is 0. The third-order valence-corrected chi connectivity index (χ3v) is 18.3. The first-order valence-electron chi connectivity index (χ1n) is 27.4. The Bertz CT molecular complexity index is 2870. The first kappa shape index (κ1) is 53.2. The lowest BCUT2D eigenvalue weighted by atomic mass is 9.44. The quantitative estimate of drug-likeness (QED) is 0.0629. The zero-order valence-corrected chi connectivity index (χ0v) is 43.4. The van der Waals surface area contributed by atoms with Crippen LogP contribution in [0.2, 0.25) is 0 Å². The second-order valence-electron chi connectivity index (χ2n) is 22.5. The van der Waals surface area contributed by atoms with E-state index in [1.165, 1.54) is 60.7 Å². The van der Waals surface area contributed by atoms with Crippen LogP contribution >= 0.6 is 0 Å². The number of carbonyl (C=O) groups is 3. The predicted molar refractivity (Wildman–Crippen MR) is 287 cm³/mol. The zero-order valence-electron chi connectivity index (χ0n) is 43.4. The highest BCUT2D eigenvalue weighted by molar-refractivity contribution is 6.19.